The molecule has 5 nitrogen and oxygen atoms in total. The van der Waals surface area contributed by atoms with E-state index in [9.17, 15) is 9.59 Å². The number of H-pyrrole nitrogens is 1. The number of methoxy groups -OCH3 is 1. The highest BCUT2D eigenvalue weighted by Crippen LogP contribution is 2.23. The van der Waals surface area contributed by atoms with Crippen molar-refractivity contribution in [1.29, 1.82) is 0 Å². The van der Waals surface area contributed by atoms with Crippen LogP contribution in [0.2, 0.25) is 0 Å². The second-order valence-electron chi connectivity index (χ2n) is 5.70. The summed E-state index contributed by atoms with van der Waals surface area (Å²) in [4.78, 5) is 27.3. The number of hydrogen-bond acceptors (Lipinski definition) is 3. The van der Waals surface area contributed by atoms with Crippen molar-refractivity contribution < 1.29 is 14.3 Å². The number of fused-ring (bicyclic) bond motifs is 1. The van der Waals surface area contributed by atoms with E-state index in [1.165, 1.54) is 7.11 Å². The quantitative estimate of drug-likeness (QED) is 0.720. The van der Waals surface area contributed by atoms with E-state index in [4.69, 9.17) is 4.74 Å². The molecule has 3 aromatic rings. The van der Waals surface area contributed by atoms with Gasteiger partial charge in [0.15, 0.2) is 0 Å². The third-order valence-electron chi connectivity index (χ3n) is 3.98. The summed E-state index contributed by atoms with van der Waals surface area (Å²) in [5, 5.41) is 3.85. The van der Waals surface area contributed by atoms with Crippen LogP contribution in [0.25, 0.3) is 10.9 Å². The van der Waals surface area contributed by atoms with Crippen molar-refractivity contribution in [1.82, 2.24) is 4.98 Å². The van der Waals surface area contributed by atoms with E-state index in [2.05, 4.69) is 16.4 Å². The van der Waals surface area contributed by atoms with Crippen LogP contribution in [0.1, 0.15) is 32.0 Å². The molecule has 0 aliphatic carbocycles. The minimum atomic E-state index is -0.441. The van der Waals surface area contributed by atoms with Gasteiger partial charge in [0.25, 0.3) is 5.91 Å². The Morgan fingerprint density at radius 2 is 1.88 bits per heavy atom. The Morgan fingerprint density at radius 1 is 1.08 bits per heavy atom. The normalized spacial score (nSPS) is 10.6. The van der Waals surface area contributed by atoms with Gasteiger partial charge >= 0.3 is 5.97 Å². The lowest BCUT2D eigenvalue weighted by Crippen LogP contribution is -2.14. The van der Waals surface area contributed by atoms with Crippen LogP contribution in [0.15, 0.2) is 42.5 Å². The second kappa shape index (κ2) is 6.20. The van der Waals surface area contributed by atoms with E-state index in [1.54, 1.807) is 24.3 Å². The topological polar surface area (TPSA) is 71.2 Å². The standard InChI is InChI=1S/C19H18N2O3/c1-11-7-8-16-15(9-11)12(2)17(21-16)18(22)20-14-6-4-5-13(10-14)19(23)24-3/h4-10,21H,1-3H3,(H,20,22). The van der Waals surface area contributed by atoms with Gasteiger partial charge in [0, 0.05) is 16.6 Å². The van der Waals surface area contributed by atoms with Crippen LogP contribution in [-0.2, 0) is 4.74 Å². The van der Waals surface area contributed by atoms with Gasteiger partial charge in [-0.1, -0.05) is 17.7 Å². The Balaban J connectivity index is 1.90. The predicted octanol–water partition coefficient (Wildman–Crippen LogP) is 3.82. The molecule has 0 radical (unpaired) electrons. The Kier molecular flexibility index (Phi) is 4.08. The van der Waals surface area contributed by atoms with Gasteiger partial charge < -0.3 is 15.0 Å². The molecule has 0 fully saturated rings. The lowest BCUT2D eigenvalue weighted by Gasteiger charge is -2.06. The molecule has 0 saturated carbocycles. The van der Waals surface area contributed by atoms with Gasteiger partial charge in [-0.2, -0.15) is 0 Å². The number of benzene rings is 2. The summed E-state index contributed by atoms with van der Waals surface area (Å²) in [6, 6.07) is 12.7. The number of aromatic nitrogens is 1. The highest BCUT2D eigenvalue weighted by atomic mass is 16.5. The van der Waals surface area contributed by atoms with Crippen LogP contribution in [0, 0.1) is 13.8 Å². The largest absolute Gasteiger partial charge is 0.465 e. The molecule has 0 unspecified atom stereocenters. The summed E-state index contributed by atoms with van der Waals surface area (Å²) in [5.41, 5.74) is 4.40. The number of esters is 1. The number of anilines is 1. The fourth-order valence-corrected chi connectivity index (χ4v) is 2.70. The Bertz CT molecular complexity index is 941. The number of nitrogens with one attached hydrogen (secondary N) is 2. The molecule has 1 heterocycles. The molecule has 0 spiro atoms. The van der Waals surface area contributed by atoms with E-state index in [-0.39, 0.29) is 5.91 Å². The molecule has 1 aromatic heterocycles. The van der Waals surface area contributed by atoms with E-state index < -0.39 is 5.97 Å². The van der Waals surface area contributed by atoms with Crippen LogP contribution in [0.3, 0.4) is 0 Å². The summed E-state index contributed by atoms with van der Waals surface area (Å²) in [6.07, 6.45) is 0. The maximum absolute atomic E-state index is 12.6. The minimum absolute atomic E-state index is 0.247. The second-order valence-corrected chi connectivity index (χ2v) is 5.70. The van der Waals surface area contributed by atoms with Crippen molar-refractivity contribution in [3.63, 3.8) is 0 Å². The van der Waals surface area contributed by atoms with Crippen LogP contribution in [0.4, 0.5) is 5.69 Å². The van der Waals surface area contributed by atoms with Gasteiger partial charge in [0.1, 0.15) is 5.69 Å². The van der Waals surface area contributed by atoms with Crippen molar-refractivity contribution in [3.8, 4) is 0 Å². The number of amides is 1. The van der Waals surface area contributed by atoms with Crippen molar-refractivity contribution in [2.45, 2.75) is 13.8 Å². The molecule has 122 valence electrons. The molecule has 0 aliphatic rings. The first-order valence-electron chi connectivity index (χ1n) is 7.58. The van der Waals surface area contributed by atoms with E-state index in [0.29, 0.717) is 16.9 Å². The Morgan fingerprint density at radius 3 is 2.62 bits per heavy atom. The molecule has 1 amide bonds. The third-order valence-corrected chi connectivity index (χ3v) is 3.98. The number of ether oxygens (including phenoxy) is 1. The fourth-order valence-electron chi connectivity index (χ4n) is 2.70. The molecule has 0 saturated heterocycles. The zero-order valence-electron chi connectivity index (χ0n) is 13.8. The zero-order chi connectivity index (χ0) is 17.3. The summed E-state index contributed by atoms with van der Waals surface area (Å²) in [5.74, 6) is -0.688. The predicted molar refractivity (Wildman–Crippen MR) is 93.5 cm³/mol. The first-order chi connectivity index (χ1) is 11.5. The van der Waals surface area contributed by atoms with Crippen LogP contribution in [0.5, 0.6) is 0 Å². The summed E-state index contributed by atoms with van der Waals surface area (Å²) >= 11 is 0. The average Bonchev–Trinajstić information content (AvgIpc) is 2.91. The Labute approximate surface area is 139 Å². The first-order valence-corrected chi connectivity index (χ1v) is 7.58. The molecule has 2 N–H and O–H groups in total. The maximum Gasteiger partial charge on any atom is 0.337 e. The van der Waals surface area contributed by atoms with E-state index in [1.807, 2.05) is 26.0 Å². The fraction of sp³-hybridized carbons (Fsp3) is 0.158. The van der Waals surface area contributed by atoms with Crippen molar-refractivity contribution in [3.05, 3.63) is 64.8 Å². The van der Waals surface area contributed by atoms with Crippen molar-refractivity contribution in [2.24, 2.45) is 0 Å². The van der Waals surface area contributed by atoms with E-state index in [0.717, 1.165) is 22.0 Å². The molecule has 0 atom stereocenters. The zero-order valence-corrected chi connectivity index (χ0v) is 13.8. The SMILES string of the molecule is COC(=O)c1cccc(NC(=O)c2[nH]c3ccc(C)cc3c2C)c1. The third kappa shape index (κ3) is 2.88. The molecule has 24 heavy (non-hydrogen) atoms. The van der Waals surface area contributed by atoms with Gasteiger partial charge in [-0.05, 0) is 49.7 Å². The Hall–Kier alpha value is -3.08. The molecule has 0 aliphatic heterocycles. The molecule has 3 rings (SSSR count). The highest BCUT2D eigenvalue weighted by molar-refractivity contribution is 6.08. The number of carbonyl (C=O) groups is 2. The monoisotopic (exact) mass is 322 g/mol. The molecule has 2 aromatic carbocycles. The van der Waals surface area contributed by atoms with Crippen LogP contribution >= 0.6 is 0 Å². The molecular weight excluding hydrogens is 304 g/mol. The highest BCUT2D eigenvalue weighted by Gasteiger charge is 2.15. The number of aromatic amines is 1. The summed E-state index contributed by atoms with van der Waals surface area (Å²) < 4.78 is 4.69. The number of rotatable bonds is 3. The molecule has 0 bridgehead atoms. The van der Waals surface area contributed by atoms with Crippen LogP contribution in [-0.4, -0.2) is 24.0 Å². The first kappa shape index (κ1) is 15.8. The summed E-state index contributed by atoms with van der Waals surface area (Å²) in [6.45, 7) is 3.93. The van der Waals surface area contributed by atoms with Gasteiger partial charge in [0.05, 0.1) is 12.7 Å². The van der Waals surface area contributed by atoms with Crippen molar-refractivity contribution in [2.75, 3.05) is 12.4 Å². The summed E-state index contributed by atoms with van der Waals surface area (Å²) in [7, 11) is 1.32. The molecule has 5 heteroatoms. The van der Waals surface area contributed by atoms with Gasteiger partial charge in [-0.3, -0.25) is 4.79 Å². The van der Waals surface area contributed by atoms with Crippen molar-refractivity contribution >= 4 is 28.5 Å². The average molecular weight is 322 g/mol. The lowest BCUT2D eigenvalue weighted by atomic mass is 10.1. The lowest BCUT2D eigenvalue weighted by molar-refractivity contribution is 0.0600. The van der Waals surface area contributed by atoms with Gasteiger partial charge in [-0.15, -0.1) is 0 Å². The molecular formula is C19H18N2O3. The number of aryl methyl sites for hydroxylation is 2. The smallest absolute Gasteiger partial charge is 0.337 e. The van der Waals surface area contributed by atoms with Gasteiger partial charge in [0.2, 0.25) is 0 Å². The van der Waals surface area contributed by atoms with Gasteiger partial charge in [-0.25, -0.2) is 4.79 Å². The number of hydrogen-bond donors (Lipinski definition) is 2. The maximum atomic E-state index is 12.6. The van der Waals surface area contributed by atoms with E-state index >= 15 is 0 Å². The minimum Gasteiger partial charge on any atom is -0.465 e. The number of carbonyl (C=O) groups excluding carboxylic acids is 2. The van der Waals surface area contributed by atoms with Crippen LogP contribution < -0.4 is 5.32 Å².